The van der Waals surface area contributed by atoms with Crippen LogP contribution in [0.5, 0.6) is 0 Å². The zero-order valence-electron chi connectivity index (χ0n) is 16.9. The molecule has 0 saturated heterocycles. The van der Waals surface area contributed by atoms with Gasteiger partial charge in [-0.2, -0.15) is 0 Å². The molecule has 0 aliphatic heterocycles. The summed E-state index contributed by atoms with van der Waals surface area (Å²) in [5.41, 5.74) is 2.91. The van der Waals surface area contributed by atoms with Crippen molar-refractivity contribution < 1.29 is 14.4 Å². The Hall–Kier alpha value is -3.93. The number of hydrogen-bond donors (Lipinski definition) is 3. The fourth-order valence-electron chi connectivity index (χ4n) is 3.15. The van der Waals surface area contributed by atoms with Crippen LogP contribution in [0.3, 0.4) is 0 Å². The Balaban J connectivity index is 1.40. The van der Waals surface area contributed by atoms with Gasteiger partial charge in [0.1, 0.15) is 0 Å². The molecule has 6 heteroatoms. The van der Waals surface area contributed by atoms with Crippen LogP contribution in [0.1, 0.15) is 39.1 Å². The van der Waals surface area contributed by atoms with E-state index in [1.807, 2.05) is 30.3 Å². The standard InChI is InChI=1S/C25H23N3O3/c29-23(18-10-11-18)27-20-14-12-19(13-15-20)24(30)28-22-9-5-4-8-21(22)25(31)26-16-17-6-2-1-3-7-17/h1-9,12-15,18H,10-11,16H2,(H,26,31)(H,27,29)(H,28,30). The average Bonchev–Trinajstić information content (AvgIpc) is 3.65. The van der Waals surface area contributed by atoms with Crippen molar-refractivity contribution in [2.75, 3.05) is 10.6 Å². The molecular weight excluding hydrogens is 390 g/mol. The molecule has 0 bridgehead atoms. The molecule has 4 rings (SSSR count). The van der Waals surface area contributed by atoms with Gasteiger partial charge in [0.25, 0.3) is 11.8 Å². The van der Waals surface area contributed by atoms with Crippen LogP contribution in [0.4, 0.5) is 11.4 Å². The first-order valence-electron chi connectivity index (χ1n) is 10.2. The van der Waals surface area contributed by atoms with Gasteiger partial charge in [0.05, 0.1) is 11.3 Å². The molecule has 3 N–H and O–H groups in total. The van der Waals surface area contributed by atoms with E-state index >= 15 is 0 Å². The minimum absolute atomic E-state index is 0.0210. The molecule has 0 radical (unpaired) electrons. The Kier molecular flexibility index (Phi) is 6.08. The Bertz CT molecular complexity index is 1090. The lowest BCUT2D eigenvalue weighted by Crippen LogP contribution is -2.24. The molecule has 3 aromatic carbocycles. The van der Waals surface area contributed by atoms with Gasteiger partial charge in [0.15, 0.2) is 0 Å². The molecule has 31 heavy (non-hydrogen) atoms. The first-order valence-corrected chi connectivity index (χ1v) is 10.2. The zero-order chi connectivity index (χ0) is 21.6. The van der Waals surface area contributed by atoms with Crippen molar-refractivity contribution in [2.45, 2.75) is 19.4 Å². The van der Waals surface area contributed by atoms with Crippen LogP contribution in [-0.2, 0) is 11.3 Å². The van der Waals surface area contributed by atoms with Crippen LogP contribution in [0, 0.1) is 5.92 Å². The molecule has 6 nitrogen and oxygen atoms in total. The maximum atomic E-state index is 12.7. The van der Waals surface area contributed by atoms with E-state index in [1.54, 1.807) is 48.5 Å². The first-order chi connectivity index (χ1) is 15.1. The van der Waals surface area contributed by atoms with Gasteiger partial charge in [-0.1, -0.05) is 42.5 Å². The molecular formula is C25H23N3O3. The fourth-order valence-corrected chi connectivity index (χ4v) is 3.15. The highest BCUT2D eigenvalue weighted by Crippen LogP contribution is 2.30. The average molecular weight is 413 g/mol. The van der Waals surface area contributed by atoms with Gasteiger partial charge in [-0.25, -0.2) is 0 Å². The van der Waals surface area contributed by atoms with Crippen molar-refractivity contribution in [2.24, 2.45) is 5.92 Å². The lowest BCUT2D eigenvalue weighted by Gasteiger charge is -2.12. The van der Waals surface area contributed by atoms with E-state index in [-0.39, 0.29) is 23.6 Å². The molecule has 0 atom stereocenters. The van der Waals surface area contributed by atoms with Crippen molar-refractivity contribution in [3.63, 3.8) is 0 Å². The third-order valence-corrected chi connectivity index (χ3v) is 5.08. The largest absolute Gasteiger partial charge is 0.348 e. The van der Waals surface area contributed by atoms with Gasteiger partial charge in [0.2, 0.25) is 5.91 Å². The summed E-state index contributed by atoms with van der Waals surface area (Å²) in [5, 5.41) is 8.53. The summed E-state index contributed by atoms with van der Waals surface area (Å²) in [6.45, 7) is 0.399. The molecule has 0 aromatic heterocycles. The van der Waals surface area contributed by atoms with Crippen LogP contribution in [0.2, 0.25) is 0 Å². The van der Waals surface area contributed by atoms with Gasteiger partial charge in [-0.05, 0) is 54.8 Å². The Morgan fingerprint density at radius 2 is 1.42 bits per heavy atom. The quantitative estimate of drug-likeness (QED) is 0.542. The summed E-state index contributed by atoms with van der Waals surface area (Å²) >= 11 is 0. The molecule has 1 fully saturated rings. The highest BCUT2D eigenvalue weighted by atomic mass is 16.2. The molecule has 1 aliphatic carbocycles. The van der Waals surface area contributed by atoms with Gasteiger partial charge >= 0.3 is 0 Å². The van der Waals surface area contributed by atoms with E-state index in [9.17, 15) is 14.4 Å². The Labute approximate surface area is 180 Å². The molecule has 0 heterocycles. The molecule has 3 amide bonds. The highest BCUT2D eigenvalue weighted by Gasteiger charge is 2.29. The van der Waals surface area contributed by atoms with E-state index < -0.39 is 0 Å². The second kappa shape index (κ2) is 9.26. The first kappa shape index (κ1) is 20.3. The number of nitrogens with one attached hydrogen (secondary N) is 3. The SMILES string of the molecule is O=C(Nc1ccccc1C(=O)NCc1ccccc1)c1ccc(NC(=O)C2CC2)cc1. The second-order valence-corrected chi connectivity index (χ2v) is 7.51. The molecule has 156 valence electrons. The number of amides is 3. The van der Waals surface area contributed by atoms with Crippen LogP contribution >= 0.6 is 0 Å². The van der Waals surface area contributed by atoms with Gasteiger partial charge in [-0.15, -0.1) is 0 Å². The van der Waals surface area contributed by atoms with E-state index in [2.05, 4.69) is 16.0 Å². The number of rotatable bonds is 7. The summed E-state index contributed by atoms with van der Waals surface area (Å²) in [5.74, 6) is -0.457. The van der Waals surface area contributed by atoms with Crippen molar-refractivity contribution in [1.29, 1.82) is 0 Å². The van der Waals surface area contributed by atoms with Crippen molar-refractivity contribution in [1.82, 2.24) is 5.32 Å². The minimum atomic E-state index is -0.330. The van der Waals surface area contributed by atoms with Gasteiger partial charge in [-0.3, -0.25) is 14.4 Å². The number of para-hydroxylation sites is 1. The summed E-state index contributed by atoms with van der Waals surface area (Å²) in [4.78, 5) is 37.2. The van der Waals surface area contributed by atoms with E-state index in [0.717, 1.165) is 18.4 Å². The van der Waals surface area contributed by atoms with Crippen LogP contribution in [0.15, 0.2) is 78.9 Å². The van der Waals surface area contributed by atoms with Gasteiger partial charge < -0.3 is 16.0 Å². The predicted octanol–water partition coefficient (Wildman–Crippen LogP) is 4.22. The normalized spacial score (nSPS) is 12.6. The van der Waals surface area contributed by atoms with E-state index in [4.69, 9.17) is 0 Å². The summed E-state index contributed by atoms with van der Waals surface area (Å²) in [6, 6.07) is 23.2. The van der Waals surface area contributed by atoms with Crippen LogP contribution < -0.4 is 16.0 Å². The number of benzene rings is 3. The van der Waals surface area contributed by atoms with E-state index in [1.165, 1.54) is 0 Å². The smallest absolute Gasteiger partial charge is 0.255 e. The second-order valence-electron chi connectivity index (χ2n) is 7.51. The number of anilines is 2. The summed E-state index contributed by atoms with van der Waals surface area (Å²) < 4.78 is 0. The monoisotopic (exact) mass is 413 g/mol. The molecule has 0 unspecified atom stereocenters. The fraction of sp³-hybridized carbons (Fsp3) is 0.160. The third-order valence-electron chi connectivity index (χ3n) is 5.08. The molecule has 1 saturated carbocycles. The lowest BCUT2D eigenvalue weighted by atomic mass is 10.1. The number of carbonyl (C=O) groups is 3. The maximum Gasteiger partial charge on any atom is 0.255 e. The van der Waals surface area contributed by atoms with Gasteiger partial charge in [0, 0.05) is 23.7 Å². The number of carbonyl (C=O) groups excluding carboxylic acids is 3. The lowest BCUT2D eigenvalue weighted by molar-refractivity contribution is -0.117. The maximum absolute atomic E-state index is 12.7. The van der Waals surface area contributed by atoms with Crippen molar-refractivity contribution in [3.05, 3.63) is 95.6 Å². The zero-order valence-corrected chi connectivity index (χ0v) is 16.9. The predicted molar refractivity (Wildman–Crippen MR) is 120 cm³/mol. The van der Waals surface area contributed by atoms with Crippen LogP contribution in [-0.4, -0.2) is 17.7 Å². The Morgan fingerprint density at radius 3 is 2.13 bits per heavy atom. The van der Waals surface area contributed by atoms with Crippen LogP contribution in [0.25, 0.3) is 0 Å². The van der Waals surface area contributed by atoms with Crippen molar-refractivity contribution >= 4 is 29.1 Å². The molecule has 0 spiro atoms. The van der Waals surface area contributed by atoms with Crippen molar-refractivity contribution in [3.8, 4) is 0 Å². The highest BCUT2D eigenvalue weighted by molar-refractivity contribution is 6.09. The number of hydrogen-bond acceptors (Lipinski definition) is 3. The Morgan fingerprint density at radius 1 is 0.742 bits per heavy atom. The van der Waals surface area contributed by atoms with E-state index in [0.29, 0.717) is 29.0 Å². The molecule has 1 aliphatic rings. The minimum Gasteiger partial charge on any atom is -0.348 e. The summed E-state index contributed by atoms with van der Waals surface area (Å²) in [7, 11) is 0. The topological polar surface area (TPSA) is 87.3 Å². The molecule has 3 aromatic rings. The third kappa shape index (κ3) is 5.36. The summed E-state index contributed by atoms with van der Waals surface area (Å²) in [6.07, 6.45) is 1.87.